The van der Waals surface area contributed by atoms with Crippen molar-refractivity contribution in [3.05, 3.63) is 41.4 Å². The molecule has 1 atom stereocenters. The summed E-state index contributed by atoms with van der Waals surface area (Å²) in [6.45, 7) is 5.00. The summed E-state index contributed by atoms with van der Waals surface area (Å²) in [6, 6.07) is 4.98. The third-order valence-electron chi connectivity index (χ3n) is 5.04. The molecule has 3 rings (SSSR count). The Morgan fingerprint density at radius 2 is 2.04 bits per heavy atom. The minimum Gasteiger partial charge on any atom is -0.350 e. The molecule has 3 heterocycles. The summed E-state index contributed by atoms with van der Waals surface area (Å²) in [5, 5.41) is 8.29. The topological polar surface area (TPSA) is 103 Å². The fraction of sp³-hybridized carbons (Fsp3) is 0.474. The van der Waals surface area contributed by atoms with E-state index in [2.05, 4.69) is 20.9 Å². The number of piperidine rings is 1. The van der Waals surface area contributed by atoms with Gasteiger partial charge in [0, 0.05) is 30.9 Å². The molecule has 2 aliphatic rings. The predicted octanol–water partition coefficient (Wildman–Crippen LogP) is 0.912. The number of amides is 4. The highest BCUT2D eigenvalue weighted by atomic mass is 16.2. The van der Waals surface area contributed by atoms with Crippen molar-refractivity contribution in [3.63, 3.8) is 0 Å². The summed E-state index contributed by atoms with van der Waals surface area (Å²) in [6.07, 6.45) is 2.95. The van der Waals surface area contributed by atoms with Crippen molar-refractivity contribution in [2.45, 2.75) is 39.3 Å². The average Bonchev–Trinajstić information content (AvgIpc) is 2.66. The lowest BCUT2D eigenvalue weighted by Crippen LogP contribution is -2.52. The molecule has 3 N–H and O–H groups in total. The van der Waals surface area contributed by atoms with E-state index < -0.39 is 0 Å². The van der Waals surface area contributed by atoms with E-state index in [1.54, 1.807) is 24.9 Å². The second-order valence-electron chi connectivity index (χ2n) is 6.96. The van der Waals surface area contributed by atoms with E-state index in [1.165, 1.54) is 0 Å². The molecular formula is C19H25N5O3. The summed E-state index contributed by atoms with van der Waals surface area (Å²) in [4.78, 5) is 42.7. The number of likely N-dealkylation sites (tertiary alicyclic amines) is 1. The van der Waals surface area contributed by atoms with Gasteiger partial charge in [-0.1, -0.05) is 6.07 Å². The molecular weight excluding hydrogens is 346 g/mol. The van der Waals surface area contributed by atoms with E-state index in [0.29, 0.717) is 43.7 Å². The number of pyridine rings is 1. The molecule has 4 amide bonds. The number of rotatable bonds is 4. The molecule has 144 valence electrons. The molecule has 1 aromatic heterocycles. The van der Waals surface area contributed by atoms with Crippen molar-refractivity contribution < 1.29 is 14.4 Å². The summed E-state index contributed by atoms with van der Waals surface area (Å²) < 4.78 is 0. The molecule has 1 unspecified atom stereocenters. The van der Waals surface area contributed by atoms with Crippen molar-refractivity contribution >= 4 is 17.8 Å². The van der Waals surface area contributed by atoms with Gasteiger partial charge in [-0.3, -0.25) is 14.6 Å². The maximum absolute atomic E-state index is 12.8. The van der Waals surface area contributed by atoms with Crippen LogP contribution >= 0.6 is 0 Å². The quantitative estimate of drug-likeness (QED) is 0.732. The number of hydrogen-bond acceptors (Lipinski definition) is 4. The molecule has 27 heavy (non-hydrogen) atoms. The first-order valence-corrected chi connectivity index (χ1v) is 9.21. The standard InChI is InChI=1S/C19H25N5O3/c1-12-16(13(2)23-19(27)22-12)18(26)24-9-6-14(7-10-24)17(25)21-11-15-5-3-4-8-20-15/h3-5,8,12,14H,6-7,9-11H2,1-2H3,(H,21,25)(H2,22,23,27). The molecule has 0 aromatic carbocycles. The van der Waals surface area contributed by atoms with Crippen LogP contribution in [0.25, 0.3) is 0 Å². The van der Waals surface area contributed by atoms with Gasteiger partial charge in [-0.05, 0) is 38.8 Å². The van der Waals surface area contributed by atoms with Crippen molar-refractivity contribution in [1.82, 2.24) is 25.8 Å². The maximum Gasteiger partial charge on any atom is 0.319 e. The Morgan fingerprint density at radius 1 is 1.30 bits per heavy atom. The Morgan fingerprint density at radius 3 is 2.67 bits per heavy atom. The Balaban J connectivity index is 1.52. The number of aromatic nitrogens is 1. The number of nitrogens with zero attached hydrogens (tertiary/aromatic N) is 2. The lowest BCUT2D eigenvalue weighted by Gasteiger charge is -2.34. The van der Waals surface area contributed by atoms with E-state index in [9.17, 15) is 14.4 Å². The van der Waals surface area contributed by atoms with Gasteiger partial charge in [-0.2, -0.15) is 0 Å². The molecule has 8 nitrogen and oxygen atoms in total. The Kier molecular flexibility index (Phi) is 5.73. The van der Waals surface area contributed by atoms with E-state index in [4.69, 9.17) is 0 Å². The van der Waals surface area contributed by atoms with Crippen LogP contribution in [0.5, 0.6) is 0 Å². The van der Waals surface area contributed by atoms with Gasteiger partial charge < -0.3 is 20.9 Å². The van der Waals surface area contributed by atoms with Crippen molar-refractivity contribution in [2.24, 2.45) is 5.92 Å². The fourth-order valence-electron chi connectivity index (χ4n) is 3.55. The molecule has 1 fully saturated rings. The van der Waals surface area contributed by atoms with E-state index >= 15 is 0 Å². The predicted molar refractivity (Wildman–Crippen MR) is 99.2 cm³/mol. The van der Waals surface area contributed by atoms with Gasteiger partial charge >= 0.3 is 6.03 Å². The fourth-order valence-corrected chi connectivity index (χ4v) is 3.55. The van der Waals surface area contributed by atoms with Gasteiger partial charge in [0.25, 0.3) is 5.91 Å². The van der Waals surface area contributed by atoms with Crippen LogP contribution in [0.2, 0.25) is 0 Å². The first-order valence-electron chi connectivity index (χ1n) is 9.21. The summed E-state index contributed by atoms with van der Waals surface area (Å²) in [7, 11) is 0. The highest BCUT2D eigenvalue weighted by Gasteiger charge is 2.33. The minimum absolute atomic E-state index is 0.00288. The number of carbonyl (C=O) groups excluding carboxylic acids is 3. The summed E-state index contributed by atoms with van der Waals surface area (Å²) in [5.41, 5.74) is 1.99. The molecule has 1 aromatic rings. The molecule has 2 aliphatic heterocycles. The number of nitrogens with one attached hydrogen (secondary N) is 3. The molecule has 1 saturated heterocycles. The third kappa shape index (κ3) is 4.45. The Hall–Kier alpha value is -2.90. The third-order valence-corrected chi connectivity index (χ3v) is 5.04. The van der Waals surface area contributed by atoms with Gasteiger partial charge in [0.15, 0.2) is 0 Å². The molecule has 0 saturated carbocycles. The van der Waals surface area contributed by atoms with E-state index in [0.717, 1.165) is 5.69 Å². The van der Waals surface area contributed by atoms with E-state index in [1.807, 2.05) is 18.2 Å². The molecule has 0 radical (unpaired) electrons. The number of urea groups is 1. The van der Waals surface area contributed by atoms with Crippen molar-refractivity contribution in [3.8, 4) is 0 Å². The lowest BCUT2D eigenvalue weighted by atomic mass is 9.94. The van der Waals surface area contributed by atoms with Crippen LogP contribution in [0.4, 0.5) is 4.79 Å². The van der Waals surface area contributed by atoms with Gasteiger partial charge in [0.1, 0.15) is 0 Å². The lowest BCUT2D eigenvalue weighted by molar-refractivity contribution is -0.133. The zero-order valence-corrected chi connectivity index (χ0v) is 15.6. The van der Waals surface area contributed by atoms with Crippen LogP contribution in [0, 0.1) is 5.92 Å². The van der Waals surface area contributed by atoms with E-state index in [-0.39, 0.29) is 29.8 Å². The first-order chi connectivity index (χ1) is 13.0. The molecule has 8 heteroatoms. The Bertz CT molecular complexity index is 754. The number of carbonyl (C=O) groups is 3. The zero-order valence-electron chi connectivity index (χ0n) is 15.6. The van der Waals surface area contributed by atoms with Gasteiger partial charge in [0.05, 0.1) is 23.9 Å². The normalized spacial score (nSPS) is 20.7. The molecule has 0 bridgehead atoms. The van der Waals surface area contributed by atoms with Crippen molar-refractivity contribution in [1.29, 1.82) is 0 Å². The van der Waals surface area contributed by atoms with Crippen LogP contribution in [-0.2, 0) is 16.1 Å². The van der Waals surface area contributed by atoms with Gasteiger partial charge in [0.2, 0.25) is 5.91 Å². The van der Waals surface area contributed by atoms with Crippen molar-refractivity contribution in [2.75, 3.05) is 13.1 Å². The smallest absolute Gasteiger partial charge is 0.319 e. The minimum atomic E-state index is -0.328. The average molecular weight is 371 g/mol. The van der Waals surface area contributed by atoms with Crippen LogP contribution in [0.1, 0.15) is 32.4 Å². The zero-order chi connectivity index (χ0) is 19.4. The first kappa shape index (κ1) is 18.9. The highest BCUT2D eigenvalue weighted by molar-refractivity contribution is 5.98. The second-order valence-corrected chi connectivity index (χ2v) is 6.96. The monoisotopic (exact) mass is 371 g/mol. The van der Waals surface area contributed by atoms with Gasteiger partial charge in [-0.25, -0.2) is 4.79 Å². The maximum atomic E-state index is 12.8. The summed E-state index contributed by atoms with van der Waals surface area (Å²) >= 11 is 0. The second kappa shape index (κ2) is 8.20. The largest absolute Gasteiger partial charge is 0.350 e. The number of hydrogen-bond donors (Lipinski definition) is 3. The number of allylic oxidation sites excluding steroid dienone is 1. The van der Waals surface area contributed by atoms with Gasteiger partial charge in [-0.15, -0.1) is 0 Å². The summed E-state index contributed by atoms with van der Waals surface area (Å²) in [5.74, 6) is -0.183. The van der Waals surface area contributed by atoms with Crippen LogP contribution in [0.15, 0.2) is 35.7 Å². The SMILES string of the molecule is CC1=C(C(=O)N2CCC(C(=O)NCc3ccccn3)CC2)C(C)NC(=O)N1. The van der Waals surface area contributed by atoms with Crippen LogP contribution in [0.3, 0.4) is 0 Å². The van der Waals surface area contributed by atoms with Crippen LogP contribution < -0.4 is 16.0 Å². The highest BCUT2D eigenvalue weighted by Crippen LogP contribution is 2.22. The molecule has 0 aliphatic carbocycles. The Labute approximate surface area is 158 Å². The van der Waals surface area contributed by atoms with Crippen LogP contribution in [-0.4, -0.2) is 46.9 Å². The molecule has 0 spiro atoms.